The van der Waals surface area contributed by atoms with E-state index < -0.39 is 24.5 Å². The Morgan fingerprint density at radius 1 is 1.33 bits per heavy atom. The minimum atomic E-state index is -0.689. The second-order valence-electron chi connectivity index (χ2n) is 5.62. The smallest absolute Gasteiger partial charge is 0.350 e. The molecule has 2 heterocycles. The summed E-state index contributed by atoms with van der Waals surface area (Å²) < 4.78 is 23.4. The number of amides is 3. The molecule has 1 fully saturated rings. The van der Waals surface area contributed by atoms with Gasteiger partial charge in [-0.25, -0.2) is 19.0 Å². The summed E-state index contributed by atoms with van der Waals surface area (Å²) in [5.74, 6) is -1.16. The van der Waals surface area contributed by atoms with Crippen LogP contribution in [0.1, 0.15) is 20.4 Å². The molecule has 0 aliphatic carbocycles. The average molecular weight is 393 g/mol. The van der Waals surface area contributed by atoms with Gasteiger partial charge in [0.25, 0.3) is 5.91 Å². The highest BCUT2D eigenvalue weighted by Gasteiger charge is 2.27. The van der Waals surface area contributed by atoms with Gasteiger partial charge in [-0.15, -0.1) is 11.3 Å². The van der Waals surface area contributed by atoms with Crippen molar-refractivity contribution in [2.75, 3.05) is 19.7 Å². The number of nitrogens with zero attached hydrogens (tertiary/aromatic N) is 2. The van der Waals surface area contributed by atoms with Gasteiger partial charge in [-0.1, -0.05) is 0 Å². The Kier molecular flexibility index (Phi) is 5.65. The maximum atomic E-state index is 12.9. The zero-order valence-electron chi connectivity index (χ0n) is 14.4. The van der Waals surface area contributed by atoms with Crippen molar-refractivity contribution < 1.29 is 28.2 Å². The topological polar surface area (TPSA) is 97.8 Å². The van der Waals surface area contributed by atoms with Gasteiger partial charge in [-0.3, -0.25) is 9.69 Å². The van der Waals surface area contributed by atoms with Crippen LogP contribution in [-0.2, 0) is 16.1 Å². The van der Waals surface area contributed by atoms with Crippen LogP contribution in [0.3, 0.4) is 0 Å². The van der Waals surface area contributed by atoms with Gasteiger partial charge in [0.15, 0.2) is 6.61 Å². The fraction of sp³-hybridized carbons (Fsp3) is 0.294. The Labute approximate surface area is 157 Å². The van der Waals surface area contributed by atoms with Crippen LogP contribution in [0, 0.1) is 12.7 Å². The van der Waals surface area contributed by atoms with Gasteiger partial charge < -0.3 is 14.8 Å². The molecule has 1 aliphatic rings. The third kappa shape index (κ3) is 4.59. The molecule has 0 unspecified atom stereocenters. The number of urea groups is 1. The largest absolute Gasteiger partial charge is 0.486 e. The molecular formula is C17H16FN3O5S. The number of benzene rings is 1. The van der Waals surface area contributed by atoms with Gasteiger partial charge in [0.1, 0.15) is 28.1 Å². The minimum Gasteiger partial charge on any atom is -0.486 e. The molecule has 1 N–H and O–H groups in total. The van der Waals surface area contributed by atoms with Gasteiger partial charge in [0.2, 0.25) is 0 Å². The summed E-state index contributed by atoms with van der Waals surface area (Å²) in [5.41, 5.74) is 0.453. The number of imide groups is 1. The molecule has 10 heteroatoms. The minimum absolute atomic E-state index is 0.108. The lowest BCUT2D eigenvalue weighted by molar-refractivity contribution is -0.130. The fourth-order valence-corrected chi connectivity index (χ4v) is 3.23. The molecule has 0 spiro atoms. The molecule has 0 radical (unpaired) electrons. The number of ether oxygens (including phenoxy) is 2. The number of carbonyl (C=O) groups excluding carboxylic acids is 3. The third-order valence-corrected chi connectivity index (χ3v) is 4.80. The summed E-state index contributed by atoms with van der Waals surface area (Å²) in [7, 11) is 0. The molecule has 2 aromatic rings. The van der Waals surface area contributed by atoms with Crippen LogP contribution in [0.5, 0.6) is 5.75 Å². The molecule has 142 valence electrons. The standard InChI is InChI=1S/C17H16FN3O5S/c1-10-15(16(23)26-9-14(22)21-7-6-19-17(21)24)27-13(20-10)8-25-12-4-2-11(18)3-5-12/h2-5H,6-9H2,1H3,(H,19,24). The Bertz CT molecular complexity index is 868. The Hall–Kier alpha value is -3.01. The van der Waals surface area contributed by atoms with Gasteiger partial charge in [0.05, 0.1) is 5.69 Å². The number of thiazole rings is 1. The van der Waals surface area contributed by atoms with Crippen molar-refractivity contribution >= 4 is 29.2 Å². The van der Waals surface area contributed by atoms with Crippen LogP contribution in [0.2, 0.25) is 0 Å². The van der Waals surface area contributed by atoms with E-state index in [9.17, 15) is 18.8 Å². The van der Waals surface area contributed by atoms with Crippen LogP contribution < -0.4 is 10.1 Å². The monoisotopic (exact) mass is 393 g/mol. The first kappa shape index (κ1) is 18.8. The predicted octanol–water partition coefficient (Wildman–Crippen LogP) is 1.88. The normalized spacial score (nSPS) is 13.4. The number of aromatic nitrogens is 1. The number of hydrogen-bond acceptors (Lipinski definition) is 7. The molecule has 0 atom stereocenters. The van der Waals surface area contributed by atoms with E-state index in [0.29, 0.717) is 23.0 Å². The fourth-order valence-electron chi connectivity index (χ4n) is 2.36. The van der Waals surface area contributed by atoms with Gasteiger partial charge >= 0.3 is 12.0 Å². The number of nitrogens with one attached hydrogen (secondary N) is 1. The highest BCUT2D eigenvalue weighted by atomic mass is 32.1. The van der Waals surface area contributed by atoms with E-state index in [1.54, 1.807) is 6.92 Å². The van der Waals surface area contributed by atoms with Crippen molar-refractivity contribution in [3.63, 3.8) is 0 Å². The highest BCUT2D eigenvalue weighted by Crippen LogP contribution is 2.21. The molecule has 1 saturated heterocycles. The molecule has 0 saturated carbocycles. The maximum absolute atomic E-state index is 12.9. The Balaban J connectivity index is 1.55. The second kappa shape index (κ2) is 8.12. The summed E-state index contributed by atoms with van der Waals surface area (Å²) in [6.45, 7) is 1.86. The summed E-state index contributed by atoms with van der Waals surface area (Å²) in [4.78, 5) is 41.0. The van der Waals surface area contributed by atoms with E-state index >= 15 is 0 Å². The van der Waals surface area contributed by atoms with Crippen molar-refractivity contribution in [1.29, 1.82) is 0 Å². The van der Waals surface area contributed by atoms with Crippen molar-refractivity contribution in [3.8, 4) is 5.75 Å². The SMILES string of the molecule is Cc1nc(COc2ccc(F)cc2)sc1C(=O)OCC(=O)N1CCNC1=O. The second-order valence-corrected chi connectivity index (χ2v) is 6.70. The number of hydrogen-bond donors (Lipinski definition) is 1. The first-order chi connectivity index (χ1) is 12.9. The Morgan fingerprint density at radius 3 is 2.74 bits per heavy atom. The first-order valence-electron chi connectivity index (χ1n) is 8.04. The van der Waals surface area contributed by atoms with Crippen LogP contribution in [0.15, 0.2) is 24.3 Å². The highest BCUT2D eigenvalue weighted by molar-refractivity contribution is 7.13. The first-order valence-corrected chi connectivity index (χ1v) is 8.85. The molecule has 1 aromatic heterocycles. The zero-order chi connectivity index (χ0) is 19.4. The number of aryl methyl sites for hydroxylation is 1. The molecular weight excluding hydrogens is 377 g/mol. The molecule has 1 aromatic carbocycles. The van der Waals surface area contributed by atoms with Crippen molar-refractivity contribution in [3.05, 3.63) is 45.7 Å². The molecule has 0 bridgehead atoms. The average Bonchev–Trinajstić information content (AvgIpc) is 3.24. The summed E-state index contributed by atoms with van der Waals surface area (Å²) in [5, 5.41) is 3.03. The predicted molar refractivity (Wildman–Crippen MR) is 93.0 cm³/mol. The number of rotatable bonds is 6. The van der Waals surface area contributed by atoms with E-state index in [2.05, 4.69) is 10.3 Å². The van der Waals surface area contributed by atoms with Gasteiger partial charge in [-0.2, -0.15) is 0 Å². The maximum Gasteiger partial charge on any atom is 0.350 e. The van der Waals surface area contributed by atoms with Crippen molar-refractivity contribution in [1.82, 2.24) is 15.2 Å². The quantitative estimate of drug-likeness (QED) is 0.753. The van der Waals surface area contributed by atoms with Gasteiger partial charge in [0, 0.05) is 13.1 Å². The molecule has 1 aliphatic heterocycles. The van der Waals surface area contributed by atoms with Crippen LogP contribution >= 0.6 is 11.3 Å². The summed E-state index contributed by atoms with van der Waals surface area (Å²) in [6.07, 6.45) is 0. The number of esters is 1. The van der Waals surface area contributed by atoms with Crippen LogP contribution in [0.25, 0.3) is 0 Å². The van der Waals surface area contributed by atoms with Crippen molar-refractivity contribution in [2.24, 2.45) is 0 Å². The van der Waals surface area contributed by atoms with Crippen LogP contribution in [-0.4, -0.2) is 47.5 Å². The third-order valence-electron chi connectivity index (χ3n) is 3.69. The van der Waals surface area contributed by atoms with E-state index in [-0.39, 0.29) is 23.8 Å². The van der Waals surface area contributed by atoms with Gasteiger partial charge in [-0.05, 0) is 31.2 Å². The number of halogens is 1. The molecule has 8 nitrogen and oxygen atoms in total. The summed E-state index contributed by atoms with van der Waals surface area (Å²) >= 11 is 1.09. The lowest BCUT2D eigenvalue weighted by atomic mass is 10.3. The van der Waals surface area contributed by atoms with Crippen molar-refractivity contribution in [2.45, 2.75) is 13.5 Å². The number of carbonyl (C=O) groups is 3. The van der Waals surface area contributed by atoms with E-state index in [4.69, 9.17) is 9.47 Å². The lowest BCUT2D eigenvalue weighted by Crippen LogP contribution is -2.37. The zero-order valence-corrected chi connectivity index (χ0v) is 15.2. The molecule has 27 heavy (non-hydrogen) atoms. The molecule has 3 rings (SSSR count). The molecule has 3 amide bonds. The van der Waals surface area contributed by atoms with E-state index in [1.165, 1.54) is 24.3 Å². The van der Waals surface area contributed by atoms with Crippen LogP contribution in [0.4, 0.5) is 9.18 Å². The lowest BCUT2D eigenvalue weighted by Gasteiger charge is -2.11. The van der Waals surface area contributed by atoms with E-state index in [0.717, 1.165) is 16.2 Å². The summed E-state index contributed by atoms with van der Waals surface area (Å²) in [6, 6.07) is 5.05. The van der Waals surface area contributed by atoms with E-state index in [1.807, 2.05) is 0 Å². The Morgan fingerprint density at radius 2 is 2.07 bits per heavy atom.